The van der Waals surface area contributed by atoms with E-state index in [4.69, 9.17) is 9.47 Å². The second-order valence-corrected chi connectivity index (χ2v) is 6.99. The fourth-order valence-corrected chi connectivity index (χ4v) is 3.29. The molecule has 8 heteroatoms. The number of rotatable bonds is 8. The minimum Gasteiger partial charge on any atom is -0.493 e. The summed E-state index contributed by atoms with van der Waals surface area (Å²) in [7, 11) is 5.05. The van der Waals surface area contributed by atoms with Gasteiger partial charge in [0, 0.05) is 58.1 Å². The summed E-state index contributed by atoms with van der Waals surface area (Å²) in [4.78, 5) is 9.39. The molecular formula is C20H36IN5O2. The highest BCUT2D eigenvalue weighted by molar-refractivity contribution is 14.0. The van der Waals surface area contributed by atoms with E-state index in [9.17, 15) is 0 Å². The number of halogens is 1. The van der Waals surface area contributed by atoms with E-state index in [2.05, 4.69) is 39.3 Å². The molecule has 0 spiro atoms. The predicted molar refractivity (Wildman–Crippen MR) is 128 cm³/mol. The van der Waals surface area contributed by atoms with Crippen molar-refractivity contribution in [1.82, 2.24) is 15.1 Å². The van der Waals surface area contributed by atoms with Crippen LogP contribution < -0.4 is 20.1 Å². The first-order chi connectivity index (χ1) is 13.1. The Bertz CT molecular complexity index is 606. The van der Waals surface area contributed by atoms with Gasteiger partial charge in [-0.25, -0.2) is 0 Å². The molecule has 7 nitrogen and oxygen atoms in total. The number of anilines is 1. The van der Waals surface area contributed by atoms with E-state index in [-0.39, 0.29) is 24.0 Å². The number of hydrogen-bond acceptors (Lipinski definition) is 5. The van der Waals surface area contributed by atoms with Gasteiger partial charge in [0.25, 0.3) is 0 Å². The van der Waals surface area contributed by atoms with Crippen LogP contribution in [0.4, 0.5) is 5.69 Å². The van der Waals surface area contributed by atoms with Crippen LogP contribution in [0.2, 0.25) is 0 Å². The van der Waals surface area contributed by atoms with Crippen LogP contribution in [0, 0.1) is 5.92 Å². The molecule has 28 heavy (non-hydrogen) atoms. The van der Waals surface area contributed by atoms with Gasteiger partial charge in [0.15, 0.2) is 17.5 Å². The van der Waals surface area contributed by atoms with Gasteiger partial charge in [-0.1, -0.05) is 13.8 Å². The van der Waals surface area contributed by atoms with Crippen molar-refractivity contribution in [1.29, 1.82) is 0 Å². The molecule has 2 rings (SSSR count). The lowest BCUT2D eigenvalue weighted by molar-refractivity contribution is 0.124. The van der Waals surface area contributed by atoms with Crippen LogP contribution in [0.1, 0.15) is 13.8 Å². The Kier molecular flexibility index (Phi) is 11.6. The summed E-state index contributed by atoms with van der Waals surface area (Å²) in [6.07, 6.45) is 0. The lowest BCUT2D eigenvalue weighted by Crippen LogP contribution is -2.48. The van der Waals surface area contributed by atoms with Gasteiger partial charge in [-0.2, -0.15) is 0 Å². The molecule has 0 saturated carbocycles. The second kappa shape index (κ2) is 13.1. The SMILES string of the molecule is CCN1CCN(CC(C)CNC(=NC)Nc2ccc(OC)c(OC)c2)CC1.I. The van der Waals surface area contributed by atoms with Crippen LogP contribution in [-0.4, -0.2) is 82.8 Å². The van der Waals surface area contributed by atoms with E-state index in [0.29, 0.717) is 17.4 Å². The molecule has 1 aromatic rings. The minimum atomic E-state index is 0. The normalized spacial score (nSPS) is 16.8. The first-order valence-corrected chi connectivity index (χ1v) is 9.74. The van der Waals surface area contributed by atoms with Gasteiger partial charge in [0.05, 0.1) is 14.2 Å². The fourth-order valence-electron chi connectivity index (χ4n) is 3.29. The molecule has 0 aliphatic carbocycles. The number of benzene rings is 1. The molecule has 160 valence electrons. The summed E-state index contributed by atoms with van der Waals surface area (Å²) in [5.74, 6) is 2.70. The van der Waals surface area contributed by atoms with Crippen LogP contribution in [-0.2, 0) is 0 Å². The summed E-state index contributed by atoms with van der Waals surface area (Å²) in [5, 5.41) is 6.73. The molecule has 1 aromatic carbocycles. The van der Waals surface area contributed by atoms with Crippen molar-refractivity contribution >= 4 is 35.6 Å². The largest absolute Gasteiger partial charge is 0.493 e. The summed E-state index contributed by atoms with van der Waals surface area (Å²) in [6.45, 7) is 12.3. The van der Waals surface area contributed by atoms with Crippen molar-refractivity contribution in [2.75, 3.05) is 72.4 Å². The number of likely N-dealkylation sites (N-methyl/N-ethyl adjacent to an activating group) is 1. The predicted octanol–water partition coefficient (Wildman–Crippen LogP) is 2.58. The molecule has 0 radical (unpaired) electrons. The molecule has 1 heterocycles. The number of methoxy groups -OCH3 is 2. The summed E-state index contributed by atoms with van der Waals surface area (Å²) < 4.78 is 10.6. The standard InChI is InChI=1S/C20H35N5O2.HI/c1-6-24-9-11-25(12-10-24)15-16(2)14-22-20(21-3)23-17-7-8-18(26-4)19(13-17)27-5;/h7-8,13,16H,6,9-12,14-15H2,1-5H3,(H2,21,22,23);1H. The lowest BCUT2D eigenvalue weighted by atomic mass is 10.1. The summed E-state index contributed by atoms with van der Waals surface area (Å²) >= 11 is 0. The molecule has 1 atom stereocenters. The van der Waals surface area contributed by atoms with Crippen LogP contribution in [0.5, 0.6) is 11.5 Å². The Hall–Kier alpha value is -1.26. The Morgan fingerprint density at radius 2 is 1.75 bits per heavy atom. The fraction of sp³-hybridized carbons (Fsp3) is 0.650. The van der Waals surface area contributed by atoms with Gasteiger partial charge in [0.1, 0.15) is 0 Å². The van der Waals surface area contributed by atoms with E-state index in [0.717, 1.165) is 44.4 Å². The zero-order chi connectivity index (χ0) is 19.6. The topological polar surface area (TPSA) is 61.4 Å². The van der Waals surface area contributed by atoms with Gasteiger partial charge >= 0.3 is 0 Å². The number of nitrogens with zero attached hydrogens (tertiary/aromatic N) is 3. The van der Waals surface area contributed by atoms with Crippen molar-refractivity contribution in [3.05, 3.63) is 18.2 Å². The zero-order valence-corrected chi connectivity index (χ0v) is 20.2. The third-order valence-electron chi connectivity index (χ3n) is 4.97. The smallest absolute Gasteiger partial charge is 0.195 e. The van der Waals surface area contributed by atoms with Crippen LogP contribution in [0.3, 0.4) is 0 Å². The third kappa shape index (κ3) is 7.63. The maximum atomic E-state index is 5.36. The first-order valence-electron chi connectivity index (χ1n) is 9.74. The highest BCUT2D eigenvalue weighted by Gasteiger charge is 2.17. The average molecular weight is 505 g/mol. The van der Waals surface area contributed by atoms with Crippen molar-refractivity contribution < 1.29 is 9.47 Å². The first kappa shape index (κ1) is 24.8. The maximum absolute atomic E-state index is 5.36. The number of ether oxygens (including phenoxy) is 2. The molecule has 1 unspecified atom stereocenters. The number of hydrogen-bond donors (Lipinski definition) is 2. The lowest BCUT2D eigenvalue weighted by Gasteiger charge is -2.35. The Morgan fingerprint density at radius 1 is 1.11 bits per heavy atom. The van der Waals surface area contributed by atoms with E-state index < -0.39 is 0 Å². The Balaban J connectivity index is 0.00000392. The molecule has 1 aliphatic heterocycles. The highest BCUT2D eigenvalue weighted by atomic mass is 127. The van der Waals surface area contributed by atoms with Gasteiger partial charge < -0.3 is 29.9 Å². The Morgan fingerprint density at radius 3 is 2.32 bits per heavy atom. The van der Waals surface area contributed by atoms with Crippen molar-refractivity contribution in [2.24, 2.45) is 10.9 Å². The molecule has 1 aliphatic rings. The number of piperazine rings is 1. The highest BCUT2D eigenvalue weighted by Crippen LogP contribution is 2.29. The van der Waals surface area contributed by atoms with E-state index in [1.165, 1.54) is 13.1 Å². The van der Waals surface area contributed by atoms with Crippen LogP contribution in [0.15, 0.2) is 23.2 Å². The third-order valence-corrected chi connectivity index (χ3v) is 4.97. The van der Waals surface area contributed by atoms with E-state index in [1.807, 2.05) is 18.2 Å². The molecule has 0 aromatic heterocycles. The molecule has 1 saturated heterocycles. The number of guanidine groups is 1. The average Bonchev–Trinajstić information content (AvgIpc) is 2.71. The minimum absolute atomic E-state index is 0. The van der Waals surface area contributed by atoms with E-state index in [1.54, 1.807) is 21.3 Å². The van der Waals surface area contributed by atoms with Gasteiger partial charge in [0.2, 0.25) is 0 Å². The molecule has 1 fully saturated rings. The summed E-state index contributed by atoms with van der Waals surface area (Å²) in [5.41, 5.74) is 0.907. The Labute approximate surface area is 186 Å². The molecular weight excluding hydrogens is 469 g/mol. The maximum Gasteiger partial charge on any atom is 0.195 e. The van der Waals surface area contributed by atoms with Crippen molar-refractivity contribution in [3.8, 4) is 11.5 Å². The molecule has 0 amide bonds. The van der Waals surface area contributed by atoms with Crippen LogP contribution in [0.25, 0.3) is 0 Å². The second-order valence-electron chi connectivity index (χ2n) is 6.99. The zero-order valence-electron chi connectivity index (χ0n) is 17.8. The van der Waals surface area contributed by atoms with Crippen molar-refractivity contribution in [2.45, 2.75) is 13.8 Å². The molecule has 2 N–H and O–H groups in total. The number of nitrogens with one attached hydrogen (secondary N) is 2. The summed E-state index contributed by atoms with van der Waals surface area (Å²) in [6, 6.07) is 5.74. The number of aliphatic imine (C=N–C) groups is 1. The van der Waals surface area contributed by atoms with Gasteiger partial charge in [-0.05, 0) is 24.6 Å². The van der Waals surface area contributed by atoms with Gasteiger partial charge in [-0.15, -0.1) is 24.0 Å². The van der Waals surface area contributed by atoms with Gasteiger partial charge in [-0.3, -0.25) is 4.99 Å². The molecule has 0 bridgehead atoms. The monoisotopic (exact) mass is 505 g/mol. The quantitative estimate of drug-likeness (QED) is 0.322. The van der Waals surface area contributed by atoms with Crippen LogP contribution >= 0.6 is 24.0 Å². The van der Waals surface area contributed by atoms with Crippen molar-refractivity contribution in [3.63, 3.8) is 0 Å². The van der Waals surface area contributed by atoms with E-state index >= 15 is 0 Å².